The van der Waals surface area contributed by atoms with Crippen LogP contribution in [0.15, 0.2) is 102 Å². The average molecular weight is 751 g/mol. The molecule has 5 aromatic rings. The Morgan fingerprint density at radius 2 is 1.34 bits per heavy atom. The lowest BCUT2D eigenvalue weighted by molar-refractivity contribution is 0.0686. The van der Waals surface area contributed by atoms with Crippen molar-refractivity contribution in [2.75, 3.05) is 16.7 Å². The number of carboxylic acid groups (broad SMARTS) is 2. The van der Waals surface area contributed by atoms with Gasteiger partial charge in [-0.05, 0) is 122 Å². The fourth-order valence-corrected chi connectivity index (χ4v) is 9.09. The Balaban J connectivity index is 1.14. The number of hydrogen-bond acceptors (Lipinski definition) is 7. The van der Waals surface area contributed by atoms with E-state index in [1.54, 1.807) is 18.2 Å². The van der Waals surface area contributed by atoms with Crippen molar-refractivity contribution in [3.8, 4) is 0 Å². The highest BCUT2D eigenvalue weighted by Gasteiger charge is 2.28. The van der Waals surface area contributed by atoms with Gasteiger partial charge in [0.1, 0.15) is 0 Å². The zero-order valence-electron chi connectivity index (χ0n) is 29.0. The Labute approximate surface area is 311 Å². The number of Topliss-reactive ketones (excluding diaryl/α,β-unsaturated/α-hetero) is 1. The molecule has 4 aromatic carbocycles. The van der Waals surface area contributed by atoms with Gasteiger partial charge in [0.15, 0.2) is 5.78 Å². The number of hydrogen-bond donors (Lipinski definition) is 3. The van der Waals surface area contributed by atoms with Crippen LogP contribution in [0, 0.1) is 0 Å². The van der Waals surface area contributed by atoms with E-state index in [0.717, 1.165) is 70.8 Å². The maximum absolute atomic E-state index is 13.8. The van der Waals surface area contributed by atoms with Crippen LogP contribution in [-0.4, -0.2) is 49.3 Å². The van der Waals surface area contributed by atoms with E-state index in [0.29, 0.717) is 16.1 Å². The lowest BCUT2D eigenvalue weighted by atomic mass is 9.93. The minimum Gasteiger partial charge on any atom is -0.478 e. The molecule has 10 nitrogen and oxygen atoms in total. The molecule has 0 saturated heterocycles. The van der Waals surface area contributed by atoms with Gasteiger partial charge in [0.05, 0.1) is 27.3 Å². The summed E-state index contributed by atoms with van der Waals surface area (Å²) in [5.41, 5.74) is 5.06. The summed E-state index contributed by atoms with van der Waals surface area (Å²) in [5.74, 6) is -2.66. The van der Waals surface area contributed by atoms with Crippen molar-refractivity contribution in [1.82, 2.24) is 0 Å². The molecule has 12 heteroatoms. The summed E-state index contributed by atoms with van der Waals surface area (Å²) in [7, 11) is -2.72. The molecule has 1 amide bonds. The van der Waals surface area contributed by atoms with Crippen LogP contribution in [0.5, 0.6) is 0 Å². The average Bonchev–Trinajstić information content (AvgIpc) is 3.53. The number of aromatic carboxylic acids is 2. The first-order valence-corrected chi connectivity index (χ1v) is 19.5. The second kappa shape index (κ2) is 16.0. The molecule has 272 valence electrons. The maximum Gasteiger partial charge on any atom is 0.335 e. The summed E-state index contributed by atoms with van der Waals surface area (Å²) in [6, 6.07) is 25.8. The van der Waals surface area contributed by atoms with E-state index >= 15 is 0 Å². The van der Waals surface area contributed by atoms with E-state index in [-0.39, 0.29) is 45.4 Å². The number of nitrogens with one attached hydrogen (secondary N) is 1. The van der Waals surface area contributed by atoms with E-state index in [2.05, 4.69) is 5.32 Å². The van der Waals surface area contributed by atoms with Crippen LogP contribution in [0.4, 0.5) is 11.4 Å². The molecule has 0 saturated carbocycles. The molecule has 1 heterocycles. The van der Waals surface area contributed by atoms with Gasteiger partial charge in [-0.25, -0.2) is 18.0 Å². The number of rotatable bonds is 14. The number of ketones is 1. The number of carboxylic acids is 2. The minimum atomic E-state index is -4.08. The zero-order chi connectivity index (χ0) is 37.7. The van der Waals surface area contributed by atoms with Gasteiger partial charge < -0.3 is 15.5 Å². The van der Waals surface area contributed by atoms with Crippen molar-refractivity contribution in [2.24, 2.45) is 0 Å². The van der Waals surface area contributed by atoms with Gasteiger partial charge >= 0.3 is 11.9 Å². The monoisotopic (exact) mass is 750 g/mol. The number of aryl methyl sites for hydroxylation is 3. The van der Waals surface area contributed by atoms with Gasteiger partial charge in [-0.2, -0.15) is 0 Å². The number of thiophene rings is 1. The van der Waals surface area contributed by atoms with Crippen molar-refractivity contribution in [3.63, 3.8) is 0 Å². The first-order chi connectivity index (χ1) is 25.4. The third-order valence-corrected chi connectivity index (χ3v) is 12.5. The summed E-state index contributed by atoms with van der Waals surface area (Å²) in [4.78, 5) is 51.6. The van der Waals surface area contributed by atoms with Gasteiger partial charge in [0.2, 0.25) is 0 Å². The molecule has 6 rings (SSSR count). The number of amides is 1. The predicted molar refractivity (Wildman–Crippen MR) is 204 cm³/mol. The number of sulfonamides is 1. The quantitative estimate of drug-likeness (QED) is 0.0975. The first-order valence-electron chi connectivity index (χ1n) is 17.2. The molecule has 0 radical (unpaired) electrons. The normalized spacial score (nSPS) is 12.5. The summed E-state index contributed by atoms with van der Waals surface area (Å²) < 4.78 is 28.1. The predicted octanol–water partition coefficient (Wildman–Crippen LogP) is 7.70. The summed E-state index contributed by atoms with van der Waals surface area (Å²) in [6.07, 6.45) is 5.97. The Morgan fingerprint density at radius 1 is 0.755 bits per heavy atom. The molecule has 53 heavy (non-hydrogen) atoms. The van der Waals surface area contributed by atoms with Crippen molar-refractivity contribution in [3.05, 3.63) is 146 Å². The molecule has 3 N–H and O–H groups in total. The van der Waals surface area contributed by atoms with Gasteiger partial charge in [0.25, 0.3) is 15.9 Å². The highest BCUT2D eigenvalue weighted by molar-refractivity contribution is 7.92. The van der Waals surface area contributed by atoms with E-state index in [4.69, 9.17) is 5.11 Å². The fraction of sp³-hybridized carbons (Fsp3) is 0.220. The Kier molecular flexibility index (Phi) is 11.2. The number of carbonyl (C=O) groups excluding carboxylic acids is 2. The second-order valence-corrected chi connectivity index (χ2v) is 16.1. The SMILES string of the molecule is CN(c1ccc(C(=O)O)cc1)S(=O)(=O)c1cccc(C(=O)Cc2sc3c(c2C(=O)Nc2ccc(CCCc4ccc(C(=O)O)cc4)cc2)CCCC3)c1. The number of anilines is 2. The summed E-state index contributed by atoms with van der Waals surface area (Å²) in [6.45, 7) is 0. The van der Waals surface area contributed by atoms with Crippen LogP contribution in [-0.2, 0) is 42.1 Å². The van der Waals surface area contributed by atoms with Crippen LogP contribution in [0.3, 0.4) is 0 Å². The Bertz CT molecular complexity index is 2280. The van der Waals surface area contributed by atoms with Crippen molar-refractivity contribution >= 4 is 56.4 Å². The highest BCUT2D eigenvalue weighted by atomic mass is 32.2. The number of fused-ring (bicyclic) bond motifs is 1. The van der Waals surface area contributed by atoms with Crippen LogP contribution < -0.4 is 9.62 Å². The largest absolute Gasteiger partial charge is 0.478 e. The van der Waals surface area contributed by atoms with Crippen molar-refractivity contribution in [2.45, 2.75) is 56.3 Å². The van der Waals surface area contributed by atoms with Gasteiger partial charge in [-0.15, -0.1) is 11.3 Å². The van der Waals surface area contributed by atoms with E-state index in [1.165, 1.54) is 60.8 Å². The van der Waals surface area contributed by atoms with Crippen molar-refractivity contribution in [1.29, 1.82) is 0 Å². The minimum absolute atomic E-state index is 0.0285. The molecular formula is C41H38N2O8S2. The van der Waals surface area contributed by atoms with Crippen LogP contribution >= 0.6 is 11.3 Å². The van der Waals surface area contributed by atoms with E-state index in [1.807, 2.05) is 36.4 Å². The topological polar surface area (TPSA) is 158 Å². The van der Waals surface area contributed by atoms with E-state index < -0.39 is 22.0 Å². The van der Waals surface area contributed by atoms with E-state index in [9.17, 15) is 32.7 Å². The standard InChI is InChI=1S/C41H38N2O8S2/c1-43(32-22-18-29(19-23-32)41(48)49)53(50,51)33-9-5-8-30(24-33)35(44)25-37-38(34-10-2-3-11-36(34)52-37)39(45)42-31-20-14-27(15-21-31)7-4-6-26-12-16-28(17-13-26)40(46)47/h5,8-9,12-24H,2-4,6-7,10-11,25H2,1H3,(H,42,45)(H,46,47)(H,48,49). The third kappa shape index (κ3) is 8.56. The number of carbonyl (C=O) groups is 4. The van der Waals surface area contributed by atoms with Gasteiger partial charge in [-0.1, -0.05) is 36.4 Å². The molecule has 0 unspecified atom stereocenters. The molecule has 1 aliphatic rings. The second-order valence-electron chi connectivity index (χ2n) is 13.0. The molecule has 0 spiro atoms. The third-order valence-electron chi connectivity index (χ3n) is 9.43. The fourth-order valence-electron chi connectivity index (χ4n) is 6.46. The summed E-state index contributed by atoms with van der Waals surface area (Å²) in [5, 5.41) is 21.3. The Morgan fingerprint density at radius 3 is 1.96 bits per heavy atom. The lowest BCUT2D eigenvalue weighted by Gasteiger charge is -2.20. The zero-order valence-corrected chi connectivity index (χ0v) is 30.6. The lowest BCUT2D eigenvalue weighted by Crippen LogP contribution is -2.26. The number of benzene rings is 4. The molecule has 0 bridgehead atoms. The molecule has 0 atom stereocenters. The van der Waals surface area contributed by atoms with Crippen molar-refractivity contribution < 1.29 is 37.8 Å². The molecule has 0 aliphatic heterocycles. The van der Waals surface area contributed by atoms with Gasteiger partial charge in [-0.3, -0.25) is 13.9 Å². The molecule has 1 aliphatic carbocycles. The van der Waals surface area contributed by atoms with Crippen LogP contribution in [0.2, 0.25) is 0 Å². The van der Waals surface area contributed by atoms with Gasteiger partial charge in [0, 0.05) is 34.5 Å². The maximum atomic E-state index is 13.8. The van der Waals surface area contributed by atoms with Crippen LogP contribution in [0.1, 0.15) is 87.1 Å². The molecule has 0 fully saturated rings. The highest BCUT2D eigenvalue weighted by Crippen LogP contribution is 2.36. The number of nitrogens with zero attached hydrogens (tertiary/aromatic N) is 1. The molecular weight excluding hydrogens is 713 g/mol. The Hall–Kier alpha value is -5.59. The smallest absolute Gasteiger partial charge is 0.335 e. The first kappa shape index (κ1) is 37.2. The molecule has 1 aromatic heterocycles. The summed E-state index contributed by atoms with van der Waals surface area (Å²) >= 11 is 1.47. The van der Waals surface area contributed by atoms with Crippen LogP contribution in [0.25, 0.3) is 0 Å².